The normalized spacial score (nSPS) is 11.5. The monoisotopic (exact) mass is 566 g/mol. The fourth-order valence-electron chi connectivity index (χ4n) is 3.80. The van der Waals surface area contributed by atoms with Gasteiger partial charge in [-0.1, -0.05) is 41.4 Å². The van der Waals surface area contributed by atoms with Crippen LogP contribution in [-0.2, 0) is 16.7 Å². The first-order valence-corrected chi connectivity index (χ1v) is 14.0. The lowest BCUT2D eigenvalue weighted by Crippen LogP contribution is -2.37. The van der Waals surface area contributed by atoms with Crippen LogP contribution in [0.2, 0.25) is 10.0 Å². The molecule has 1 amide bonds. The van der Waals surface area contributed by atoms with Crippen molar-refractivity contribution in [2.24, 2.45) is 0 Å². The first-order chi connectivity index (χ1) is 17.5. The van der Waals surface area contributed by atoms with Gasteiger partial charge in [-0.25, -0.2) is 4.39 Å². The Kier molecular flexibility index (Phi) is 9.45. The summed E-state index contributed by atoms with van der Waals surface area (Å²) in [6.45, 7) is 8.95. The van der Waals surface area contributed by atoms with E-state index in [1.807, 2.05) is 24.8 Å². The van der Waals surface area contributed by atoms with Crippen LogP contribution in [0.15, 0.2) is 65.6 Å². The van der Waals surface area contributed by atoms with Crippen molar-refractivity contribution in [2.45, 2.75) is 45.2 Å². The van der Waals surface area contributed by atoms with Gasteiger partial charge in [-0.05, 0) is 64.1 Å². The summed E-state index contributed by atoms with van der Waals surface area (Å²) in [5.41, 5.74) is 1.13. The summed E-state index contributed by atoms with van der Waals surface area (Å²) in [5.74, 6) is -1.09. The molecule has 0 saturated heterocycles. The van der Waals surface area contributed by atoms with Crippen LogP contribution in [0.25, 0.3) is 0 Å². The zero-order valence-electron chi connectivity index (χ0n) is 21.0. The number of hydrogen-bond acceptors (Lipinski definition) is 5. The molecule has 0 aliphatic heterocycles. The van der Waals surface area contributed by atoms with E-state index in [9.17, 15) is 17.6 Å². The lowest BCUT2D eigenvalue weighted by molar-refractivity contribution is 0.0685. The number of rotatable bonds is 10. The Labute approximate surface area is 227 Å². The molecule has 0 saturated carbocycles. The number of carbonyl (C=O) groups excluding carboxylic acids is 1. The Bertz CT molecular complexity index is 1380. The maximum atomic E-state index is 14.4. The quantitative estimate of drug-likeness (QED) is 0.252. The van der Waals surface area contributed by atoms with Gasteiger partial charge in [0.1, 0.15) is 16.5 Å². The van der Waals surface area contributed by atoms with E-state index in [2.05, 4.69) is 0 Å². The van der Waals surface area contributed by atoms with Crippen molar-refractivity contribution in [2.75, 3.05) is 18.0 Å². The lowest BCUT2D eigenvalue weighted by Gasteiger charge is -2.29. The van der Waals surface area contributed by atoms with Crippen LogP contribution < -0.4 is 9.08 Å². The van der Waals surface area contributed by atoms with Crippen molar-refractivity contribution in [3.05, 3.63) is 87.7 Å². The van der Waals surface area contributed by atoms with Gasteiger partial charge in [0.2, 0.25) is 0 Å². The molecular formula is C27H29Cl2FN2O4S. The van der Waals surface area contributed by atoms with Crippen LogP contribution >= 0.6 is 23.2 Å². The van der Waals surface area contributed by atoms with Crippen LogP contribution in [0.3, 0.4) is 0 Å². The summed E-state index contributed by atoms with van der Waals surface area (Å²) in [5, 5.41) is 0.286. The summed E-state index contributed by atoms with van der Waals surface area (Å²) in [7, 11) is -4.29. The number of anilines is 1. The van der Waals surface area contributed by atoms with E-state index in [0.717, 1.165) is 5.69 Å². The second-order valence-electron chi connectivity index (χ2n) is 8.58. The maximum absolute atomic E-state index is 14.4. The van der Waals surface area contributed by atoms with Crippen molar-refractivity contribution in [3.8, 4) is 5.75 Å². The van der Waals surface area contributed by atoms with Crippen molar-refractivity contribution in [3.63, 3.8) is 0 Å². The minimum Gasteiger partial charge on any atom is -0.379 e. The number of hydrogen-bond donors (Lipinski definition) is 0. The average molecular weight is 568 g/mol. The van der Waals surface area contributed by atoms with Crippen LogP contribution in [0.1, 0.15) is 43.6 Å². The molecule has 0 bridgehead atoms. The van der Waals surface area contributed by atoms with E-state index in [0.29, 0.717) is 18.7 Å². The van der Waals surface area contributed by atoms with Crippen molar-refractivity contribution in [1.29, 1.82) is 0 Å². The predicted octanol–water partition coefficient (Wildman–Crippen LogP) is 6.80. The van der Waals surface area contributed by atoms with E-state index >= 15 is 0 Å². The molecule has 0 atom stereocenters. The zero-order valence-corrected chi connectivity index (χ0v) is 23.4. The first kappa shape index (κ1) is 28.8. The predicted molar refractivity (Wildman–Crippen MR) is 146 cm³/mol. The summed E-state index contributed by atoms with van der Waals surface area (Å²) in [6, 6.07) is 14.5. The SMILES string of the molecule is CCN(CC)c1ccc(CN(C(=O)c2ccccc2F)C(C)C)c(OS(=O)(=O)c2ccc(Cl)c(Cl)c2)c1. The van der Waals surface area contributed by atoms with Gasteiger partial charge in [0.15, 0.2) is 0 Å². The van der Waals surface area contributed by atoms with Gasteiger partial charge < -0.3 is 14.0 Å². The molecule has 0 N–H and O–H groups in total. The summed E-state index contributed by atoms with van der Waals surface area (Å²) in [4.78, 5) is 16.6. The molecule has 3 aromatic rings. The first-order valence-electron chi connectivity index (χ1n) is 11.8. The number of nitrogens with zero attached hydrogens (tertiary/aromatic N) is 2. The highest BCUT2D eigenvalue weighted by Gasteiger charge is 2.26. The highest BCUT2D eigenvalue weighted by Crippen LogP contribution is 2.32. The summed E-state index contributed by atoms with van der Waals surface area (Å²) in [6.07, 6.45) is 0. The molecule has 0 fully saturated rings. The second-order valence-corrected chi connectivity index (χ2v) is 10.9. The standard InChI is InChI=1S/C27H29Cl2FN2O4S/c1-5-31(6-2)20-12-11-19(17-32(18(3)4)27(33)22-9-7-8-10-25(22)30)26(15-20)36-37(34,35)21-13-14-23(28)24(29)16-21/h7-16,18H,5-6,17H2,1-4H3. The van der Waals surface area contributed by atoms with Crippen molar-refractivity contribution < 1.29 is 21.8 Å². The molecule has 0 spiro atoms. The highest BCUT2D eigenvalue weighted by molar-refractivity contribution is 7.87. The third-order valence-corrected chi connectivity index (χ3v) is 7.86. The average Bonchev–Trinajstić information content (AvgIpc) is 2.85. The largest absolute Gasteiger partial charge is 0.379 e. The van der Waals surface area contributed by atoms with E-state index in [1.165, 1.54) is 41.3 Å². The minimum absolute atomic E-state index is 0.00437. The van der Waals surface area contributed by atoms with Gasteiger partial charge in [0, 0.05) is 43.0 Å². The van der Waals surface area contributed by atoms with Crippen LogP contribution in [0, 0.1) is 5.82 Å². The number of carbonyl (C=O) groups is 1. The second kappa shape index (κ2) is 12.2. The molecule has 0 radical (unpaired) electrons. The minimum atomic E-state index is -4.29. The molecular weight excluding hydrogens is 538 g/mol. The number of halogens is 3. The molecule has 198 valence electrons. The molecule has 0 aliphatic carbocycles. The Morgan fingerprint density at radius 2 is 1.65 bits per heavy atom. The summed E-state index contributed by atoms with van der Waals surface area (Å²) < 4.78 is 46.4. The molecule has 3 aromatic carbocycles. The molecule has 0 unspecified atom stereocenters. The van der Waals surface area contributed by atoms with E-state index in [4.69, 9.17) is 27.4 Å². The topological polar surface area (TPSA) is 66.9 Å². The third-order valence-electron chi connectivity index (χ3n) is 5.89. The van der Waals surface area contributed by atoms with Crippen molar-refractivity contribution in [1.82, 2.24) is 4.90 Å². The highest BCUT2D eigenvalue weighted by atomic mass is 35.5. The molecule has 10 heteroatoms. The van der Waals surface area contributed by atoms with Gasteiger partial charge in [0.05, 0.1) is 15.6 Å². The lowest BCUT2D eigenvalue weighted by atomic mass is 10.1. The number of amides is 1. The Morgan fingerprint density at radius 3 is 2.24 bits per heavy atom. The molecule has 0 heterocycles. The zero-order chi connectivity index (χ0) is 27.3. The van der Waals surface area contributed by atoms with E-state index in [1.54, 1.807) is 32.0 Å². The smallest absolute Gasteiger partial charge is 0.339 e. The fourth-order valence-corrected chi connectivity index (χ4v) is 5.14. The maximum Gasteiger partial charge on any atom is 0.339 e. The van der Waals surface area contributed by atoms with Gasteiger partial charge in [-0.2, -0.15) is 8.42 Å². The molecule has 6 nitrogen and oxygen atoms in total. The van der Waals surface area contributed by atoms with E-state index < -0.39 is 21.8 Å². The molecule has 0 aromatic heterocycles. The Morgan fingerprint density at radius 1 is 0.973 bits per heavy atom. The number of benzene rings is 3. The van der Waals surface area contributed by atoms with Gasteiger partial charge in [-0.3, -0.25) is 4.79 Å². The Hall–Kier alpha value is -2.81. The van der Waals surface area contributed by atoms with Gasteiger partial charge >= 0.3 is 10.1 Å². The molecule has 37 heavy (non-hydrogen) atoms. The van der Waals surface area contributed by atoms with Crippen LogP contribution in [-0.4, -0.2) is 38.4 Å². The fraction of sp³-hybridized carbons (Fsp3) is 0.296. The third kappa shape index (κ3) is 6.74. The Balaban J connectivity index is 2.06. The molecule has 0 aliphatic rings. The van der Waals surface area contributed by atoms with Gasteiger partial charge in [0.25, 0.3) is 5.91 Å². The molecule has 3 rings (SSSR count). The van der Waals surface area contributed by atoms with Crippen LogP contribution in [0.4, 0.5) is 10.1 Å². The van der Waals surface area contributed by atoms with Crippen molar-refractivity contribution >= 4 is 44.9 Å². The van der Waals surface area contributed by atoms with Gasteiger partial charge in [-0.15, -0.1) is 0 Å². The summed E-state index contributed by atoms with van der Waals surface area (Å²) >= 11 is 12.0. The van der Waals surface area contributed by atoms with Crippen LogP contribution in [0.5, 0.6) is 5.75 Å². The van der Waals surface area contributed by atoms with E-state index in [-0.39, 0.29) is 38.8 Å².